The molecule has 0 unspecified atom stereocenters. The van der Waals surface area contributed by atoms with E-state index in [1.54, 1.807) is 0 Å². The fraction of sp³-hybridized carbons (Fsp3) is 0.333. The Morgan fingerprint density at radius 3 is 2.71 bits per heavy atom. The summed E-state index contributed by atoms with van der Waals surface area (Å²) in [5, 5.41) is 4.14. The Labute approximate surface area is 131 Å². The molecule has 1 saturated carbocycles. The van der Waals surface area contributed by atoms with Gasteiger partial charge in [0.25, 0.3) is 0 Å². The summed E-state index contributed by atoms with van der Waals surface area (Å²) in [6, 6.07) is 14.8. The molecule has 2 aromatic rings. The van der Waals surface area contributed by atoms with Gasteiger partial charge in [0, 0.05) is 12.6 Å². The van der Waals surface area contributed by atoms with E-state index in [0.717, 1.165) is 18.7 Å². The monoisotopic (exact) mass is 301 g/mol. The highest BCUT2D eigenvalue weighted by atomic mass is 35.5. The third-order valence-corrected chi connectivity index (χ3v) is 4.00. The Balaban J connectivity index is 1.69. The van der Waals surface area contributed by atoms with Crippen LogP contribution in [0, 0.1) is 0 Å². The van der Waals surface area contributed by atoms with Gasteiger partial charge in [-0.05, 0) is 54.7 Å². The van der Waals surface area contributed by atoms with E-state index in [1.807, 2.05) is 24.3 Å². The van der Waals surface area contributed by atoms with Gasteiger partial charge in [0.15, 0.2) is 0 Å². The molecule has 1 N–H and O–H groups in total. The highest BCUT2D eigenvalue weighted by molar-refractivity contribution is 6.32. The molecular formula is C18H20ClNO. The number of hydrogen-bond donors (Lipinski definition) is 1. The van der Waals surface area contributed by atoms with Crippen molar-refractivity contribution in [1.29, 1.82) is 0 Å². The van der Waals surface area contributed by atoms with Gasteiger partial charge in [0.05, 0.1) is 5.02 Å². The van der Waals surface area contributed by atoms with Crippen molar-refractivity contribution in [2.75, 3.05) is 0 Å². The molecule has 0 spiro atoms. The molecule has 21 heavy (non-hydrogen) atoms. The summed E-state index contributed by atoms with van der Waals surface area (Å²) in [6.07, 6.45) is 3.59. The lowest BCUT2D eigenvalue weighted by atomic mass is 10.1. The van der Waals surface area contributed by atoms with Gasteiger partial charge in [-0.3, -0.25) is 0 Å². The predicted octanol–water partition coefficient (Wildman–Crippen LogP) is 4.95. The van der Waals surface area contributed by atoms with Crippen LogP contribution in [0.4, 0.5) is 0 Å². The van der Waals surface area contributed by atoms with Gasteiger partial charge in [-0.1, -0.05) is 36.7 Å². The lowest BCUT2D eigenvalue weighted by molar-refractivity contribution is 0.482. The van der Waals surface area contributed by atoms with Gasteiger partial charge in [0.2, 0.25) is 0 Å². The Morgan fingerprint density at radius 1 is 1.14 bits per heavy atom. The maximum atomic E-state index is 6.33. The van der Waals surface area contributed by atoms with Crippen molar-refractivity contribution < 1.29 is 4.74 Å². The second-order valence-corrected chi connectivity index (χ2v) is 5.93. The van der Waals surface area contributed by atoms with E-state index in [0.29, 0.717) is 16.8 Å². The number of halogens is 1. The quantitative estimate of drug-likeness (QED) is 0.815. The Kier molecular flexibility index (Phi) is 4.47. The van der Waals surface area contributed by atoms with Gasteiger partial charge in [-0.2, -0.15) is 0 Å². The van der Waals surface area contributed by atoms with E-state index in [2.05, 4.69) is 30.4 Å². The van der Waals surface area contributed by atoms with Crippen LogP contribution in [0.15, 0.2) is 42.5 Å². The van der Waals surface area contributed by atoms with Crippen LogP contribution >= 0.6 is 11.6 Å². The second kappa shape index (κ2) is 6.50. The summed E-state index contributed by atoms with van der Waals surface area (Å²) < 4.78 is 5.89. The van der Waals surface area contributed by atoms with Crippen molar-refractivity contribution in [1.82, 2.24) is 5.32 Å². The van der Waals surface area contributed by atoms with Crippen LogP contribution in [-0.4, -0.2) is 6.04 Å². The fourth-order valence-electron chi connectivity index (χ4n) is 2.24. The van der Waals surface area contributed by atoms with Crippen LogP contribution in [0.25, 0.3) is 0 Å². The van der Waals surface area contributed by atoms with Gasteiger partial charge in [-0.25, -0.2) is 0 Å². The molecule has 0 atom stereocenters. The van der Waals surface area contributed by atoms with Crippen LogP contribution in [0.5, 0.6) is 11.5 Å². The predicted molar refractivity (Wildman–Crippen MR) is 87.2 cm³/mol. The molecule has 0 bridgehead atoms. The summed E-state index contributed by atoms with van der Waals surface area (Å²) in [5.41, 5.74) is 2.45. The first-order valence-electron chi connectivity index (χ1n) is 7.53. The molecular weight excluding hydrogens is 282 g/mol. The van der Waals surface area contributed by atoms with E-state index < -0.39 is 0 Å². The van der Waals surface area contributed by atoms with Crippen LogP contribution in [0.3, 0.4) is 0 Å². The van der Waals surface area contributed by atoms with E-state index in [1.165, 1.54) is 24.0 Å². The molecule has 0 radical (unpaired) electrons. The van der Waals surface area contributed by atoms with E-state index >= 15 is 0 Å². The average molecular weight is 302 g/mol. The summed E-state index contributed by atoms with van der Waals surface area (Å²) in [5.74, 6) is 1.54. The van der Waals surface area contributed by atoms with Gasteiger partial charge >= 0.3 is 0 Å². The van der Waals surface area contributed by atoms with E-state index in [9.17, 15) is 0 Å². The van der Waals surface area contributed by atoms with Gasteiger partial charge in [0.1, 0.15) is 11.5 Å². The van der Waals surface area contributed by atoms with Crippen LogP contribution < -0.4 is 10.1 Å². The molecule has 2 nitrogen and oxygen atoms in total. The molecule has 1 aliphatic rings. The van der Waals surface area contributed by atoms with Crippen molar-refractivity contribution in [2.45, 2.75) is 38.8 Å². The molecule has 0 heterocycles. The maximum absolute atomic E-state index is 6.33. The van der Waals surface area contributed by atoms with Crippen LogP contribution in [0.1, 0.15) is 30.9 Å². The standard InChI is InChI=1S/C18H20ClNO/c1-2-13-4-3-5-16(10-13)21-18-9-6-14(11-17(18)19)12-20-15-7-8-15/h3-6,9-11,15,20H,2,7-8,12H2,1H3. The Bertz CT molecular complexity index is 622. The minimum atomic E-state index is 0.659. The number of aryl methyl sites for hydroxylation is 1. The summed E-state index contributed by atoms with van der Waals surface area (Å²) >= 11 is 6.33. The third kappa shape index (κ3) is 3.99. The first kappa shape index (κ1) is 14.4. The maximum Gasteiger partial charge on any atom is 0.146 e. The number of ether oxygens (including phenoxy) is 1. The average Bonchev–Trinajstić information content (AvgIpc) is 3.32. The third-order valence-electron chi connectivity index (χ3n) is 3.70. The van der Waals surface area contributed by atoms with Crippen molar-refractivity contribution in [3.8, 4) is 11.5 Å². The lowest BCUT2D eigenvalue weighted by Crippen LogP contribution is -2.15. The molecule has 0 aliphatic heterocycles. The Morgan fingerprint density at radius 2 is 2.00 bits per heavy atom. The van der Waals surface area contributed by atoms with E-state index in [4.69, 9.17) is 16.3 Å². The van der Waals surface area contributed by atoms with Crippen LogP contribution in [0.2, 0.25) is 5.02 Å². The van der Waals surface area contributed by atoms with Crippen molar-refractivity contribution >= 4 is 11.6 Å². The molecule has 3 rings (SSSR count). The molecule has 0 amide bonds. The Hall–Kier alpha value is -1.51. The zero-order chi connectivity index (χ0) is 14.7. The second-order valence-electron chi connectivity index (χ2n) is 5.52. The topological polar surface area (TPSA) is 21.3 Å². The minimum Gasteiger partial charge on any atom is -0.456 e. The molecule has 110 valence electrons. The van der Waals surface area contributed by atoms with Crippen molar-refractivity contribution in [3.05, 3.63) is 58.6 Å². The highest BCUT2D eigenvalue weighted by Gasteiger charge is 2.20. The fourth-order valence-corrected chi connectivity index (χ4v) is 2.48. The largest absolute Gasteiger partial charge is 0.456 e. The van der Waals surface area contributed by atoms with Crippen molar-refractivity contribution in [3.63, 3.8) is 0 Å². The van der Waals surface area contributed by atoms with Gasteiger partial charge in [-0.15, -0.1) is 0 Å². The number of hydrogen-bond acceptors (Lipinski definition) is 2. The molecule has 0 aromatic heterocycles. The zero-order valence-corrected chi connectivity index (χ0v) is 13.0. The highest BCUT2D eigenvalue weighted by Crippen LogP contribution is 2.31. The number of rotatable bonds is 6. The minimum absolute atomic E-state index is 0.659. The van der Waals surface area contributed by atoms with Crippen LogP contribution in [-0.2, 0) is 13.0 Å². The number of nitrogens with one attached hydrogen (secondary N) is 1. The smallest absolute Gasteiger partial charge is 0.146 e. The van der Waals surface area contributed by atoms with Crippen molar-refractivity contribution in [2.24, 2.45) is 0 Å². The molecule has 0 saturated heterocycles. The molecule has 1 fully saturated rings. The summed E-state index contributed by atoms with van der Waals surface area (Å²) in [7, 11) is 0. The molecule has 3 heteroatoms. The lowest BCUT2D eigenvalue weighted by Gasteiger charge is -2.10. The zero-order valence-electron chi connectivity index (χ0n) is 12.2. The molecule has 1 aliphatic carbocycles. The number of benzene rings is 2. The first-order chi connectivity index (χ1) is 10.2. The van der Waals surface area contributed by atoms with Gasteiger partial charge < -0.3 is 10.1 Å². The summed E-state index contributed by atoms with van der Waals surface area (Å²) in [6.45, 7) is 3.00. The first-order valence-corrected chi connectivity index (χ1v) is 7.91. The SMILES string of the molecule is CCc1cccc(Oc2ccc(CNC3CC3)cc2Cl)c1. The normalized spacial score (nSPS) is 14.2. The molecule has 2 aromatic carbocycles. The summed E-state index contributed by atoms with van der Waals surface area (Å²) in [4.78, 5) is 0. The van der Waals surface area contributed by atoms with E-state index in [-0.39, 0.29) is 0 Å².